The van der Waals surface area contributed by atoms with Crippen molar-refractivity contribution in [2.24, 2.45) is 0 Å². The quantitative estimate of drug-likeness (QED) is 0.599. The zero-order valence-electron chi connectivity index (χ0n) is 19.3. The van der Waals surface area contributed by atoms with Crippen molar-refractivity contribution in [3.63, 3.8) is 0 Å². The maximum Gasteiger partial charge on any atom is 0.325 e. The van der Waals surface area contributed by atoms with Crippen LogP contribution in [0, 0.1) is 0 Å². The van der Waals surface area contributed by atoms with Crippen LogP contribution in [0.5, 0.6) is 5.75 Å². The Morgan fingerprint density at radius 3 is 2.75 bits per heavy atom. The zero-order chi connectivity index (χ0) is 22.7. The molecule has 0 spiro atoms. The van der Waals surface area contributed by atoms with Gasteiger partial charge in [0.2, 0.25) is 0 Å². The maximum absolute atomic E-state index is 12.9. The third kappa shape index (κ3) is 5.11. The van der Waals surface area contributed by atoms with E-state index in [0.717, 1.165) is 41.3 Å². The van der Waals surface area contributed by atoms with Gasteiger partial charge in [-0.2, -0.15) is 0 Å². The highest BCUT2D eigenvalue weighted by molar-refractivity contribution is 5.77. The molecule has 1 aromatic heterocycles. The lowest BCUT2D eigenvalue weighted by atomic mass is 10.1. The predicted molar refractivity (Wildman–Crippen MR) is 125 cm³/mol. The van der Waals surface area contributed by atoms with Crippen LogP contribution in [0.3, 0.4) is 0 Å². The lowest BCUT2D eigenvalue weighted by molar-refractivity contribution is -0.162. The Hall–Kier alpha value is -2.90. The van der Waals surface area contributed by atoms with Crippen LogP contribution in [0.4, 0.5) is 0 Å². The second-order valence-electron chi connectivity index (χ2n) is 9.18. The van der Waals surface area contributed by atoms with Gasteiger partial charge < -0.3 is 19.4 Å². The van der Waals surface area contributed by atoms with E-state index in [1.807, 2.05) is 57.2 Å². The minimum Gasteiger partial charge on any atom is -0.497 e. The van der Waals surface area contributed by atoms with Crippen molar-refractivity contribution in [2.45, 2.75) is 45.5 Å². The van der Waals surface area contributed by atoms with Gasteiger partial charge in [0, 0.05) is 26.2 Å². The summed E-state index contributed by atoms with van der Waals surface area (Å²) in [5.41, 5.74) is 2.65. The number of piperazine rings is 1. The number of nitrogens with zero attached hydrogens (tertiary/aromatic N) is 3. The third-order valence-electron chi connectivity index (χ3n) is 5.59. The smallest absolute Gasteiger partial charge is 0.325 e. The largest absolute Gasteiger partial charge is 0.497 e. The molecule has 0 amide bonds. The molecule has 170 valence electrons. The van der Waals surface area contributed by atoms with Crippen molar-refractivity contribution in [1.82, 2.24) is 19.8 Å². The first-order valence-corrected chi connectivity index (χ1v) is 11.1. The van der Waals surface area contributed by atoms with Gasteiger partial charge in [-0.1, -0.05) is 24.3 Å². The number of carbonyl (C=O) groups excluding carboxylic acids is 1. The van der Waals surface area contributed by atoms with E-state index >= 15 is 0 Å². The first-order chi connectivity index (χ1) is 15.3. The van der Waals surface area contributed by atoms with E-state index < -0.39 is 5.60 Å². The molecule has 1 saturated heterocycles. The second kappa shape index (κ2) is 9.30. The summed E-state index contributed by atoms with van der Waals surface area (Å²) >= 11 is 0. The van der Waals surface area contributed by atoms with Crippen molar-refractivity contribution >= 4 is 17.0 Å². The molecule has 0 bridgehead atoms. The molecule has 4 rings (SSSR count). The van der Waals surface area contributed by atoms with Crippen LogP contribution in [-0.4, -0.2) is 58.8 Å². The Labute approximate surface area is 189 Å². The van der Waals surface area contributed by atoms with E-state index in [4.69, 9.17) is 14.5 Å². The SMILES string of the molecule is COc1cccc(Cn2c(CN3CCNCC3C(=O)OC(C)(C)C)nc3ccccc32)c1. The summed E-state index contributed by atoms with van der Waals surface area (Å²) in [6.07, 6.45) is 0. The Bertz CT molecular complexity index is 1090. The van der Waals surface area contributed by atoms with Crippen molar-refractivity contribution < 1.29 is 14.3 Å². The first kappa shape index (κ1) is 22.3. The summed E-state index contributed by atoms with van der Waals surface area (Å²) in [4.78, 5) is 20.0. The number of benzene rings is 2. The number of para-hydroxylation sites is 2. The summed E-state index contributed by atoms with van der Waals surface area (Å²) in [6.45, 7) is 9.12. The second-order valence-corrected chi connectivity index (χ2v) is 9.18. The predicted octanol–water partition coefficient (Wildman–Crippen LogP) is 3.21. The normalized spacial score (nSPS) is 17.4. The van der Waals surface area contributed by atoms with E-state index in [0.29, 0.717) is 19.6 Å². The monoisotopic (exact) mass is 436 g/mol. The molecule has 3 aromatic rings. The van der Waals surface area contributed by atoms with Gasteiger partial charge in [0.05, 0.1) is 24.7 Å². The highest BCUT2D eigenvalue weighted by Crippen LogP contribution is 2.22. The Morgan fingerprint density at radius 1 is 1.16 bits per heavy atom. The van der Waals surface area contributed by atoms with E-state index in [1.165, 1.54) is 0 Å². The van der Waals surface area contributed by atoms with Gasteiger partial charge in [-0.05, 0) is 50.6 Å². The standard InChI is InChI=1S/C25H32N4O3/c1-25(2,3)32-24(30)22-15-26-12-13-28(22)17-23-27-20-10-5-6-11-21(20)29(23)16-18-8-7-9-19(14-18)31-4/h5-11,14,22,26H,12-13,15-17H2,1-4H3. The van der Waals surface area contributed by atoms with E-state index in [1.54, 1.807) is 7.11 Å². The molecular formula is C25H32N4O3. The van der Waals surface area contributed by atoms with Crippen LogP contribution in [0.15, 0.2) is 48.5 Å². The number of methoxy groups -OCH3 is 1. The molecule has 2 aromatic carbocycles. The molecule has 1 fully saturated rings. The van der Waals surface area contributed by atoms with Crippen LogP contribution >= 0.6 is 0 Å². The summed E-state index contributed by atoms with van der Waals surface area (Å²) in [6, 6.07) is 15.9. The van der Waals surface area contributed by atoms with Crippen LogP contribution in [-0.2, 0) is 22.6 Å². The molecule has 1 unspecified atom stereocenters. The Kier molecular flexibility index (Phi) is 6.48. The number of imidazole rings is 1. The molecule has 1 N–H and O–H groups in total. The van der Waals surface area contributed by atoms with Gasteiger partial charge >= 0.3 is 5.97 Å². The molecule has 1 atom stereocenters. The van der Waals surface area contributed by atoms with Crippen molar-refractivity contribution in [3.8, 4) is 5.75 Å². The fraction of sp³-hybridized carbons (Fsp3) is 0.440. The van der Waals surface area contributed by atoms with Crippen LogP contribution in [0.1, 0.15) is 32.2 Å². The average molecular weight is 437 g/mol. The fourth-order valence-corrected chi connectivity index (χ4v) is 4.10. The minimum atomic E-state index is -0.514. The average Bonchev–Trinajstić information content (AvgIpc) is 3.10. The minimum absolute atomic E-state index is 0.194. The number of fused-ring (bicyclic) bond motifs is 1. The summed E-state index contributed by atoms with van der Waals surface area (Å²) in [5.74, 6) is 1.57. The van der Waals surface area contributed by atoms with Crippen LogP contribution in [0.25, 0.3) is 11.0 Å². The number of nitrogens with one attached hydrogen (secondary N) is 1. The number of ether oxygens (including phenoxy) is 2. The Morgan fingerprint density at radius 2 is 1.97 bits per heavy atom. The highest BCUT2D eigenvalue weighted by Gasteiger charge is 2.33. The number of rotatable bonds is 6. The number of hydrogen-bond donors (Lipinski definition) is 1. The van der Waals surface area contributed by atoms with Gasteiger partial charge in [0.1, 0.15) is 23.2 Å². The summed E-state index contributed by atoms with van der Waals surface area (Å²) in [5, 5.41) is 3.33. The molecule has 32 heavy (non-hydrogen) atoms. The molecule has 7 heteroatoms. The third-order valence-corrected chi connectivity index (χ3v) is 5.59. The van der Waals surface area contributed by atoms with Gasteiger partial charge in [0.15, 0.2) is 0 Å². The molecule has 0 aliphatic carbocycles. The molecule has 2 heterocycles. The molecule has 0 saturated carbocycles. The molecule has 0 radical (unpaired) electrons. The number of hydrogen-bond acceptors (Lipinski definition) is 6. The van der Waals surface area contributed by atoms with Gasteiger partial charge in [-0.15, -0.1) is 0 Å². The molecule has 1 aliphatic rings. The molecule has 1 aliphatic heterocycles. The van der Waals surface area contributed by atoms with Crippen LogP contribution in [0.2, 0.25) is 0 Å². The van der Waals surface area contributed by atoms with E-state index in [-0.39, 0.29) is 12.0 Å². The lowest BCUT2D eigenvalue weighted by Crippen LogP contribution is -2.56. The Balaban J connectivity index is 1.64. The number of esters is 1. The van der Waals surface area contributed by atoms with Crippen molar-refractivity contribution in [3.05, 3.63) is 59.9 Å². The van der Waals surface area contributed by atoms with E-state index in [9.17, 15) is 4.79 Å². The van der Waals surface area contributed by atoms with Crippen molar-refractivity contribution in [1.29, 1.82) is 0 Å². The topological polar surface area (TPSA) is 68.6 Å². The number of aromatic nitrogens is 2. The van der Waals surface area contributed by atoms with Crippen LogP contribution < -0.4 is 10.1 Å². The summed E-state index contributed by atoms with van der Waals surface area (Å²) in [7, 11) is 1.68. The zero-order valence-corrected chi connectivity index (χ0v) is 19.3. The molecule has 7 nitrogen and oxygen atoms in total. The lowest BCUT2D eigenvalue weighted by Gasteiger charge is -2.35. The highest BCUT2D eigenvalue weighted by atomic mass is 16.6. The van der Waals surface area contributed by atoms with E-state index in [2.05, 4.69) is 26.9 Å². The van der Waals surface area contributed by atoms with Gasteiger partial charge in [-0.25, -0.2) is 4.98 Å². The summed E-state index contributed by atoms with van der Waals surface area (Å²) < 4.78 is 13.3. The first-order valence-electron chi connectivity index (χ1n) is 11.1. The molecular weight excluding hydrogens is 404 g/mol. The van der Waals surface area contributed by atoms with Gasteiger partial charge in [-0.3, -0.25) is 9.69 Å². The maximum atomic E-state index is 12.9. The number of carbonyl (C=O) groups is 1. The van der Waals surface area contributed by atoms with Gasteiger partial charge in [0.25, 0.3) is 0 Å². The van der Waals surface area contributed by atoms with Crippen molar-refractivity contribution in [2.75, 3.05) is 26.7 Å². The fourth-order valence-electron chi connectivity index (χ4n) is 4.10.